The Bertz CT molecular complexity index is 478. The van der Waals surface area contributed by atoms with Crippen LogP contribution in [0.15, 0.2) is 12.1 Å². The summed E-state index contributed by atoms with van der Waals surface area (Å²) in [6.45, 7) is 11.2. The maximum Gasteiger partial charge on any atom is 0.130 e. The zero-order chi connectivity index (χ0) is 15.3. The van der Waals surface area contributed by atoms with Crippen LogP contribution in [0.25, 0.3) is 0 Å². The van der Waals surface area contributed by atoms with Crippen molar-refractivity contribution in [1.29, 1.82) is 0 Å². The summed E-state index contributed by atoms with van der Waals surface area (Å²) in [6, 6.07) is 4.20. The van der Waals surface area contributed by atoms with Gasteiger partial charge in [-0.15, -0.1) is 0 Å². The van der Waals surface area contributed by atoms with E-state index in [0.717, 1.165) is 17.7 Å². The summed E-state index contributed by atoms with van der Waals surface area (Å²) in [6.07, 6.45) is 1.35. The van der Waals surface area contributed by atoms with Crippen LogP contribution in [0.4, 0.5) is 0 Å². The fourth-order valence-electron chi connectivity index (χ4n) is 2.89. The van der Waals surface area contributed by atoms with Crippen molar-refractivity contribution in [1.82, 2.24) is 0 Å². The van der Waals surface area contributed by atoms with Crippen LogP contribution < -0.4 is 10.5 Å². The van der Waals surface area contributed by atoms with Gasteiger partial charge >= 0.3 is 0 Å². The lowest BCUT2D eigenvalue weighted by Crippen LogP contribution is -2.23. The van der Waals surface area contributed by atoms with Gasteiger partial charge in [0.2, 0.25) is 0 Å². The molecule has 0 spiro atoms. The van der Waals surface area contributed by atoms with Gasteiger partial charge in [0, 0.05) is 17.4 Å². The lowest BCUT2D eigenvalue weighted by atomic mass is 9.77. The molecule has 0 aliphatic carbocycles. The molecule has 0 bridgehead atoms. The lowest BCUT2D eigenvalue weighted by Gasteiger charge is -2.29. The Balaban J connectivity index is 3.18. The van der Waals surface area contributed by atoms with E-state index in [0.29, 0.717) is 19.6 Å². The van der Waals surface area contributed by atoms with E-state index in [9.17, 15) is 4.79 Å². The van der Waals surface area contributed by atoms with Crippen LogP contribution in [-0.4, -0.2) is 18.9 Å². The predicted molar refractivity (Wildman–Crippen MR) is 83.4 cm³/mol. The first-order valence-corrected chi connectivity index (χ1v) is 7.22. The third-order valence-electron chi connectivity index (χ3n) is 3.42. The molecule has 0 atom stereocenters. The zero-order valence-corrected chi connectivity index (χ0v) is 13.4. The smallest absolute Gasteiger partial charge is 0.130 e. The number of ketones is 1. The molecule has 0 amide bonds. The summed E-state index contributed by atoms with van der Waals surface area (Å²) in [5.41, 5.74) is 8.78. The van der Waals surface area contributed by atoms with Gasteiger partial charge in [0.25, 0.3) is 0 Å². The number of hydrogen-bond acceptors (Lipinski definition) is 3. The number of hydrogen-bond donors (Lipinski definition) is 1. The van der Waals surface area contributed by atoms with E-state index < -0.39 is 0 Å². The Kier molecular flexibility index (Phi) is 5.75. The van der Waals surface area contributed by atoms with Crippen LogP contribution in [0.1, 0.15) is 50.3 Å². The molecule has 0 aromatic heterocycles. The van der Waals surface area contributed by atoms with Crippen molar-refractivity contribution < 1.29 is 9.53 Å². The minimum Gasteiger partial charge on any atom is -0.493 e. The van der Waals surface area contributed by atoms with E-state index in [1.54, 1.807) is 6.92 Å². The zero-order valence-electron chi connectivity index (χ0n) is 13.4. The van der Waals surface area contributed by atoms with Crippen molar-refractivity contribution in [3.05, 3.63) is 28.8 Å². The van der Waals surface area contributed by atoms with Gasteiger partial charge in [0.05, 0.1) is 6.61 Å². The number of Topliss-reactive ketones (excluding diaryl/α,β-unsaturated/α-hetero) is 1. The number of carbonyl (C=O) groups is 1. The number of rotatable bonds is 7. The van der Waals surface area contributed by atoms with E-state index in [1.807, 2.05) is 0 Å². The molecule has 3 nitrogen and oxygen atoms in total. The number of benzene rings is 1. The number of carbonyl (C=O) groups excluding carboxylic acids is 1. The highest BCUT2D eigenvalue weighted by Gasteiger charge is 2.28. The van der Waals surface area contributed by atoms with Crippen molar-refractivity contribution in [3.63, 3.8) is 0 Å². The van der Waals surface area contributed by atoms with Crippen LogP contribution in [-0.2, 0) is 10.2 Å². The standard InChI is InChI=1S/C17H27NO2/c1-12-9-13(2)16(17(4,5)11-14(3)19)15(10-12)20-8-6-7-18/h9-10H,6-8,11,18H2,1-5H3. The van der Waals surface area contributed by atoms with Crippen molar-refractivity contribution in [2.45, 2.75) is 52.9 Å². The molecule has 2 N–H and O–H groups in total. The fraction of sp³-hybridized carbons (Fsp3) is 0.588. The lowest BCUT2D eigenvalue weighted by molar-refractivity contribution is -0.118. The number of ether oxygens (including phenoxy) is 1. The summed E-state index contributed by atoms with van der Waals surface area (Å²) < 4.78 is 5.92. The van der Waals surface area contributed by atoms with Gasteiger partial charge in [-0.2, -0.15) is 0 Å². The summed E-state index contributed by atoms with van der Waals surface area (Å²) in [5.74, 6) is 1.09. The van der Waals surface area contributed by atoms with E-state index in [2.05, 4.69) is 39.8 Å². The maximum absolute atomic E-state index is 11.5. The van der Waals surface area contributed by atoms with Gasteiger partial charge in [0.1, 0.15) is 11.5 Å². The average molecular weight is 277 g/mol. The Labute approximate surface area is 122 Å². The Morgan fingerprint density at radius 2 is 1.95 bits per heavy atom. The molecule has 0 saturated carbocycles. The molecule has 0 aliphatic heterocycles. The molecule has 0 aliphatic rings. The maximum atomic E-state index is 11.5. The quantitative estimate of drug-likeness (QED) is 0.778. The molecule has 1 aromatic carbocycles. The van der Waals surface area contributed by atoms with Crippen molar-refractivity contribution in [2.75, 3.05) is 13.2 Å². The summed E-state index contributed by atoms with van der Waals surface area (Å²) >= 11 is 0. The van der Waals surface area contributed by atoms with Gasteiger partial charge in [0.15, 0.2) is 0 Å². The number of nitrogens with two attached hydrogens (primary N) is 1. The number of aryl methyl sites for hydroxylation is 2. The molecule has 3 heteroatoms. The first-order chi connectivity index (χ1) is 9.27. The first kappa shape index (κ1) is 16.7. The van der Waals surface area contributed by atoms with E-state index in [1.165, 1.54) is 11.1 Å². The highest BCUT2D eigenvalue weighted by atomic mass is 16.5. The van der Waals surface area contributed by atoms with Crippen LogP contribution in [0.5, 0.6) is 5.75 Å². The minimum absolute atomic E-state index is 0.197. The topological polar surface area (TPSA) is 52.3 Å². The molecule has 1 rings (SSSR count). The minimum atomic E-state index is -0.221. The van der Waals surface area contributed by atoms with Gasteiger partial charge in [-0.3, -0.25) is 4.79 Å². The second-order valence-electron chi connectivity index (χ2n) is 6.21. The largest absolute Gasteiger partial charge is 0.493 e. The second-order valence-corrected chi connectivity index (χ2v) is 6.21. The second kappa shape index (κ2) is 6.89. The Morgan fingerprint density at radius 3 is 2.50 bits per heavy atom. The molecule has 1 aromatic rings. The highest BCUT2D eigenvalue weighted by molar-refractivity contribution is 5.77. The van der Waals surface area contributed by atoms with E-state index in [4.69, 9.17) is 10.5 Å². The fourth-order valence-corrected chi connectivity index (χ4v) is 2.89. The third-order valence-corrected chi connectivity index (χ3v) is 3.42. The molecule has 0 saturated heterocycles. The third kappa shape index (κ3) is 4.34. The van der Waals surface area contributed by atoms with Gasteiger partial charge in [-0.25, -0.2) is 0 Å². The summed E-state index contributed by atoms with van der Waals surface area (Å²) in [7, 11) is 0. The molecular formula is C17H27NO2. The monoisotopic (exact) mass is 277 g/mol. The van der Waals surface area contributed by atoms with Gasteiger partial charge in [-0.1, -0.05) is 19.9 Å². The van der Waals surface area contributed by atoms with Gasteiger partial charge < -0.3 is 10.5 Å². The van der Waals surface area contributed by atoms with Gasteiger partial charge in [-0.05, 0) is 50.9 Å². The Morgan fingerprint density at radius 1 is 1.30 bits per heavy atom. The van der Waals surface area contributed by atoms with Crippen molar-refractivity contribution >= 4 is 5.78 Å². The highest BCUT2D eigenvalue weighted by Crippen LogP contribution is 2.38. The molecule has 0 fully saturated rings. The molecule has 0 unspecified atom stereocenters. The van der Waals surface area contributed by atoms with E-state index >= 15 is 0 Å². The normalized spacial score (nSPS) is 11.5. The average Bonchev–Trinajstić information content (AvgIpc) is 2.25. The van der Waals surface area contributed by atoms with Crippen molar-refractivity contribution in [2.24, 2.45) is 5.73 Å². The van der Waals surface area contributed by atoms with Crippen LogP contribution in [0.3, 0.4) is 0 Å². The van der Waals surface area contributed by atoms with E-state index in [-0.39, 0.29) is 11.2 Å². The predicted octanol–water partition coefficient (Wildman–Crippen LogP) is 3.29. The van der Waals surface area contributed by atoms with Crippen LogP contribution in [0, 0.1) is 13.8 Å². The molecule has 0 radical (unpaired) electrons. The van der Waals surface area contributed by atoms with Crippen molar-refractivity contribution in [3.8, 4) is 5.75 Å². The summed E-state index contributed by atoms with van der Waals surface area (Å²) in [5, 5.41) is 0. The molecule has 112 valence electrons. The summed E-state index contributed by atoms with van der Waals surface area (Å²) in [4.78, 5) is 11.5. The first-order valence-electron chi connectivity index (χ1n) is 7.22. The van der Waals surface area contributed by atoms with Crippen LogP contribution >= 0.6 is 0 Å². The van der Waals surface area contributed by atoms with Crippen LogP contribution in [0.2, 0.25) is 0 Å². The Hall–Kier alpha value is -1.35. The molecular weight excluding hydrogens is 250 g/mol. The molecule has 0 heterocycles. The SMILES string of the molecule is CC(=O)CC(C)(C)c1c(C)cc(C)cc1OCCCN. The molecule has 20 heavy (non-hydrogen) atoms.